The minimum atomic E-state index is -0.276. The van der Waals surface area contributed by atoms with Crippen LogP contribution < -0.4 is 10.6 Å². The number of morpholine rings is 1. The fraction of sp³-hybridized carbons (Fsp3) is 0.556. The summed E-state index contributed by atoms with van der Waals surface area (Å²) in [6.07, 6.45) is 2.09. The highest BCUT2D eigenvalue weighted by Gasteiger charge is 2.29. The molecule has 0 bridgehead atoms. The van der Waals surface area contributed by atoms with Gasteiger partial charge in [0.25, 0.3) is 0 Å². The zero-order chi connectivity index (χ0) is 16.8. The molecule has 0 saturated carbocycles. The van der Waals surface area contributed by atoms with Crippen molar-refractivity contribution in [2.75, 3.05) is 32.8 Å². The molecule has 2 heterocycles. The van der Waals surface area contributed by atoms with Crippen LogP contribution in [0.15, 0.2) is 30.3 Å². The summed E-state index contributed by atoms with van der Waals surface area (Å²) in [5.41, 5.74) is 1.18. The van der Waals surface area contributed by atoms with Gasteiger partial charge in [-0.1, -0.05) is 30.3 Å². The number of hydrogen-bond acceptors (Lipinski definition) is 4. The SMILES string of the molecule is O=C(NC1CCN(C(=O)CCc2ccccc2)C1)C1COCCN1. The Morgan fingerprint density at radius 3 is 2.88 bits per heavy atom. The number of carbonyl (C=O) groups excluding carboxylic acids is 2. The highest BCUT2D eigenvalue weighted by Crippen LogP contribution is 2.13. The number of likely N-dealkylation sites (tertiary alicyclic amines) is 1. The van der Waals surface area contributed by atoms with E-state index in [0.717, 1.165) is 12.8 Å². The van der Waals surface area contributed by atoms with Crippen LogP contribution in [0.2, 0.25) is 0 Å². The Labute approximate surface area is 142 Å². The quantitative estimate of drug-likeness (QED) is 0.815. The standard InChI is InChI=1S/C18H25N3O3/c22-17(7-6-14-4-2-1-3-5-14)21-10-8-15(12-21)20-18(23)16-13-24-11-9-19-16/h1-5,15-16,19H,6-13H2,(H,20,23). The van der Waals surface area contributed by atoms with Gasteiger partial charge in [0, 0.05) is 32.1 Å². The van der Waals surface area contributed by atoms with E-state index >= 15 is 0 Å². The zero-order valence-corrected chi connectivity index (χ0v) is 13.9. The van der Waals surface area contributed by atoms with Gasteiger partial charge in [-0.3, -0.25) is 9.59 Å². The van der Waals surface area contributed by atoms with Crippen molar-refractivity contribution in [3.8, 4) is 0 Å². The van der Waals surface area contributed by atoms with Crippen molar-refractivity contribution >= 4 is 11.8 Å². The molecule has 2 saturated heterocycles. The zero-order valence-electron chi connectivity index (χ0n) is 13.9. The van der Waals surface area contributed by atoms with Gasteiger partial charge in [0.05, 0.1) is 13.2 Å². The number of benzene rings is 1. The van der Waals surface area contributed by atoms with Crippen molar-refractivity contribution in [3.63, 3.8) is 0 Å². The number of amides is 2. The van der Waals surface area contributed by atoms with E-state index in [9.17, 15) is 9.59 Å². The third-order valence-electron chi connectivity index (χ3n) is 4.60. The van der Waals surface area contributed by atoms with E-state index in [2.05, 4.69) is 10.6 Å². The van der Waals surface area contributed by atoms with Crippen LogP contribution in [0, 0.1) is 0 Å². The van der Waals surface area contributed by atoms with Gasteiger partial charge in [-0.25, -0.2) is 0 Å². The Morgan fingerprint density at radius 2 is 2.12 bits per heavy atom. The first-order valence-corrected chi connectivity index (χ1v) is 8.65. The normalized spacial score (nSPS) is 23.9. The van der Waals surface area contributed by atoms with E-state index in [0.29, 0.717) is 39.3 Å². The molecule has 0 aromatic heterocycles. The van der Waals surface area contributed by atoms with Crippen LogP contribution in [0.5, 0.6) is 0 Å². The van der Waals surface area contributed by atoms with E-state index in [4.69, 9.17) is 4.74 Å². The molecule has 1 aromatic rings. The first kappa shape index (κ1) is 16.9. The van der Waals surface area contributed by atoms with Gasteiger partial charge < -0.3 is 20.3 Å². The van der Waals surface area contributed by atoms with Crippen molar-refractivity contribution in [3.05, 3.63) is 35.9 Å². The van der Waals surface area contributed by atoms with Crippen molar-refractivity contribution in [2.45, 2.75) is 31.3 Å². The van der Waals surface area contributed by atoms with Gasteiger partial charge in [0.15, 0.2) is 0 Å². The van der Waals surface area contributed by atoms with Crippen LogP contribution in [0.1, 0.15) is 18.4 Å². The molecule has 2 amide bonds. The molecule has 0 spiro atoms. The van der Waals surface area contributed by atoms with Crippen LogP contribution in [0.3, 0.4) is 0 Å². The maximum atomic E-state index is 12.3. The molecular weight excluding hydrogens is 306 g/mol. The molecule has 3 rings (SSSR count). The molecule has 130 valence electrons. The molecule has 2 aliphatic heterocycles. The lowest BCUT2D eigenvalue weighted by Crippen LogP contribution is -2.53. The highest BCUT2D eigenvalue weighted by molar-refractivity contribution is 5.82. The molecule has 0 radical (unpaired) electrons. The van der Waals surface area contributed by atoms with Gasteiger partial charge in [0.1, 0.15) is 6.04 Å². The minimum Gasteiger partial charge on any atom is -0.378 e. The van der Waals surface area contributed by atoms with Crippen LogP contribution >= 0.6 is 0 Å². The number of carbonyl (C=O) groups is 2. The number of hydrogen-bond donors (Lipinski definition) is 2. The predicted molar refractivity (Wildman–Crippen MR) is 90.5 cm³/mol. The molecule has 6 heteroatoms. The molecule has 2 N–H and O–H groups in total. The summed E-state index contributed by atoms with van der Waals surface area (Å²) in [6, 6.07) is 9.81. The molecule has 2 atom stereocenters. The Kier molecular flexibility index (Phi) is 5.82. The van der Waals surface area contributed by atoms with Gasteiger partial charge in [-0.05, 0) is 18.4 Å². The van der Waals surface area contributed by atoms with Crippen molar-refractivity contribution in [1.82, 2.24) is 15.5 Å². The van der Waals surface area contributed by atoms with Crippen LogP contribution in [0.4, 0.5) is 0 Å². The highest BCUT2D eigenvalue weighted by atomic mass is 16.5. The van der Waals surface area contributed by atoms with Crippen molar-refractivity contribution in [1.29, 1.82) is 0 Å². The lowest BCUT2D eigenvalue weighted by atomic mass is 10.1. The van der Waals surface area contributed by atoms with Gasteiger partial charge in [0.2, 0.25) is 11.8 Å². The van der Waals surface area contributed by atoms with E-state index in [1.807, 2.05) is 35.2 Å². The summed E-state index contributed by atoms with van der Waals surface area (Å²) in [5, 5.41) is 6.18. The number of nitrogens with zero attached hydrogens (tertiary/aromatic N) is 1. The van der Waals surface area contributed by atoms with Crippen LogP contribution in [-0.4, -0.2) is 61.6 Å². The lowest BCUT2D eigenvalue weighted by molar-refractivity contribution is -0.131. The average Bonchev–Trinajstić information content (AvgIpc) is 3.10. The molecular formula is C18H25N3O3. The van der Waals surface area contributed by atoms with E-state index in [1.165, 1.54) is 5.56 Å². The van der Waals surface area contributed by atoms with Crippen molar-refractivity contribution < 1.29 is 14.3 Å². The maximum absolute atomic E-state index is 12.3. The van der Waals surface area contributed by atoms with E-state index < -0.39 is 0 Å². The Morgan fingerprint density at radius 1 is 1.29 bits per heavy atom. The average molecular weight is 331 g/mol. The predicted octanol–water partition coefficient (Wildman–Crippen LogP) is 0.325. The second kappa shape index (κ2) is 8.26. The largest absolute Gasteiger partial charge is 0.378 e. The smallest absolute Gasteiger partial charge is 0.239 e. The third kappa shape index (κ3) is 4.55. The maximum Gasteiger partial charge on any atom is 0.239 e. The fourth-order valence-electron chi connectivity index (χ4n) is 3.19. The third-order valence-corrected chi connectivity index (χ3v) is 4.60. The molecule has 6 nitrogen and oxygen atoms in total. The fourth-order valence-corrected chi connectivity index (χ4v) is 3.19. The first-order valence-electron chi connectivity index (χ1n) is 8.65. The summed E-state index contributed by atoms with van der Waals surface area (Å²) < 4.78 is 5.31. The van der Waals surface area contributed by atoms with Crippen molar-refractivity contribution in [2.24, 2.45) is 0 Å². The monoisotopic (exact) mass is 331 g/mol. The van der Waals surface area contributed by atoms with Gasteiger partial charge >= 0.3 is 0 Å². The van der Waals surface area contributed by atoms with Gasteiger partial charge in [-0.2, -0.15) is 0 Å². The number of aryl methyl sites for hydroxylation is 1. The molecule has 0 aliphatic carbocycles. The summed E-state index contributed by atoms with van der Waals surface area (Å²) in [5.74, 6) is 0.132. The number of ether oxygens (including phenoxy) is 1. The van der Waals surface area contributed by atoms with Crippen LogP contribution in [0.25, 0.3) is 0 Å². The minimum absolute atomic E-state index is 0.0294. The topological polar surface area (TPSA) is 70.7 Å². The Hall–Kier alpha value is -1.92. The first-order chi connectivity index (χ1) is 11.7. The molecule has 2 unspecified atom stereocenters. The van der Waals surface area contributed by atoms with Crippen LogP contribution in [-0.2, 0) is 20.7 Å². The molecule has 24 heavy (non-hydrogen) atoms. The van der Waals surface area contributed by atoms with E-state index in [-0.39, 0.29) is 23.9 Å². The van der Waals surface area contributed by atoms with Gasteiger partial charge in [-0.15, -0.1) is 0 Å². The summed E-state index contributed by atoms with van der Waals surface area (Å²) in [7, 11) is 0. The summed E-state index contributed by atoms with van der Waals surface area (Å²) >= 11 is 0. The second-order valence-electron chi connectivity index (χ2n) is 6.40. The Bertz CT molecular complexity index is 558. The van der Waals surface area contributed by atoms with E-state index in [1.54, 1.807) is 0 Å². The second-order valence-corrected chi connectivity index (χ2v) is 6.40. The molecule has 1 aromatic carbocycles. The number of rotatable bonds is 5. The summed E-state index contributed by atoms with van der Waals surface area (Å²) in [4.78, 5) is 26.4. The lowest BCUT2D eigenvalue weighted by Gasteiger charge is -2.24. The summed E-state index contributed by atoms with van der Waals surface area (Å²) in [6.45, 7) is 3.09. The molecule has 2 fully saturated rings. The molecule has 2 aliphatic rings. The Balaban J connectivity index is 1.41. The number of nitrogens with one attached hydrogen (secondary N) is 2.